The van der Waals surface area contributed by atoms with Gasteiger partial charge in [-0.25, -0.2) is 9.18 Å². The lowest BCUT2D eigenvalue weighted by Gasteiger charge is -2.19. The maximum atomic E-state index is 13.8. The van der Waals surface area contributed by atoms with Crippen molar-refractivity contribution >= 4 is 29.0 Å². The normalized spacial score (nSPS) is 14.2. The monoisotopic (exact) mass is 354 g/mol. The van der Waals surface area contributed by atoms with Crippen molar-refractivity contribution in [2.75, 3.05) is 11.9 Å². The fraction of sp³-hybridized carbons (Fsp3) is 0.105. The number of carbonyl (C=O) groups excluding carboxylic acids is 1. The number of nitrogens with one attached hydrogen (secondary N) is 1. The van der Waals surface area contributed by atoms with E-state index in [1.54, 1.807) is 19.1 Å². The van der Waals surface area contributed by atoms with Gasteiger partial charge < -0.3 is 10.1 Å². The molecule has 2 aromatic rings. The molecule has 3 rings (SSSR count). The smallest absolute Gasteiger partial charge is 0.341 e. The fourth-order valence-electron chi connectivity index (χ4n) is 2.70. The Morgan fingerprint density at radius 3 is 2.73 bits per heavy atom. The molecular weight excluding hydrogens is 339 g/mol. The summed E-state index contributed by atoms with van der Waals surface area (Å²) in [5.41, 5.74) is 1.31. The van der Waals surface area contributed by atoms with Gasteiger partial charge in [0.25, 0.3) is 5.69 Å². The van der Waals surface area contributed by atoms with E-state index in [0.29, 0.717) is 5.70 Å². The molecule has 0 saturated carbocycles. The minimum atomic E-state index is -0.771. The van der Waals surface area contributed by atoms with Gasteiger partial charge in [-0.05, 0) is 36.8 Å². The number of nitro groups is 1. The zero-order valence-electron chi connectivity index (χ0n) is 13.9. The molecule has 0 aromatic heterocycles. The van der Waals surface area contributed by atoms with Crippen LogP contribution in [0, 0.1) is 15.9 Å². The van der Waals surface area contributed by atoms with Crippen LogP contribution in [0.15, 0.2) is 54.2 Å². The first-order valence-electron chi connectivity index (χ1n) is 7.91. The molecule has 0 radical (unpaired) electrons. The Labute approximate surface area is 148 Å². The van der Waals surface area contributed by atoms with E-state index in [9.17, 15) is 19.3 Å². The van der Waals surface area contributed by atoms with Crippen LogP contribution in [-0.4, -0.2) is 17.5 Å². The average Bonchev–Trinajstić information content (AvgIpc) is 2.62. The molecule has 0 fully saturated rings. The van der Waals surface area contributed by atoms with Crippen LogP contribution >= 0.6 is 0 Å². The van der Waals surface area contributed by atoms with Gasteiger partial charge in [0, 0.05) is 11.8 Å². The third kappa shape index (κ3) is 3.32. The number of anilines is 1. The number of rotatable bonds is 4. The predicted octanol–water partition coefficient (Wildman–Crippen LogP) is 4.15. The largest absolute Gasteiger partial charge is 0.462 e. The predicted molar refractivity (Wildman–Crippen MR) is 95.7 cm³/mol. The van der Waals surface area contributed by atoms with Crippen molar-refractivity contribution < 1.29 is 18.8 Å². The van der Waals surface area contributed by atoms with E-state index in [2.05, 4.69) is 5.32 Å². The van der Waals surface area contributed by atoms with Gasteiger partial charge in [0.2, 0.25) is 0 Å². The lowest BCUT2D eigenvalue weighted by molar-refractivity contribution is -0.385. The summed E-state index contributed by atoms with van der Waals surface area (Å²) >= 11 is 0. The van der Waals surface area contributed by atoms with E-state index in [0.717, 1.165) is 29.4 Å². The third-order valence-electron chi connectivity index (χ3n) is 3.83. The number of nitrogens with zero attached hydrogens (tertiary/aromatic N) is 1. The van der Waals surface area contributed by atoms with Gasteiger partial charge in [0.15, 0.2) is 0 Å². The highest BCUT2D eigenvalue weighted by Crippen LogP contribution is 2.34. The van der Waals surface area contributed by atoms with Crippen molar-refractivity contribution in [1.82, 2.24) is 0 Å². The Hall–Kier alpha value is -3.48. The Morgan fingerprint density at radius 2 is 2.00 bits per heavy atom. The highest BCUT2D eigenvalue weighted by molar-refractivity contribution is 6.20. The van der Waals surface area contributed by atoms with Crippen LogP contribution in [0.25, 0.3) is 11.6 Å². The van der Waals surface area contributed by atoms with E-state index in [1.807, 2.05) is 24.3 Å². The molecule has 2 aromatic carbocycles. The lowest BCUT2D eigenvalue weighted by Crippen LogP contribution is -2.15. The number of hydrogen-bond donors (Lipinski definition) is 1. The summed E-state index contributed by atoms with van der Waals surface area (Å²) in [7, 11) is 0. The van der Waals surface area contributed by atoms with Crippen molar-refractivity contribution in [2.45, 2.75) is 6.92 Å². The van der Waals surface area contributed by atoms with Crippen LogP contribution in [0.4, 0.5) is 15.8 Å². The van der Waals surface area contributed by atoms with Gasteiger partial charge in [0.05, 0.1) is 28.4 Å². The second-order valence-electron chi connectivity index (χ2n) is 5.47. The number of carbonyl (C=O) groups is 1. The molecule has 0 saturated heterocycles. The number of fused-ring (bicyclic) bond motifs is 1. The molecule has 6 nitrogen and oxygen atoms in total. The number of halogens is 1. The van der Waals surface area contributed by atoms with Crippen molar-refractivity contribution in [1.29, 1.82) is 0 Å². The van der Waals surface area contributed by atoms with Crippen LogP contribution in [-0.2, 0) is 9.53 Å². The summed E-state index contributed by atoms with van der Waals surface area (Å²) in [6.45, 7) is 1.71. The maximum absolute atomic E-state index is 13.8. The van der Waals surface area contributed by atoms with E-state index < -0.39 is 16.7 Å². The van der Waals surface area contributed by atoms with E-state index in [-0.39, 0.29) is 23.4 Å². The number of ether oxygens (including phenoxy) is 1. The van der Waals surface area contributed by atoms with Crippen LogP contribution in [0.1, 0.15) is 18.1 Å². The summed E-state index contributed by atoms with van der Waals surface area (Å²) < 4.78 is 18.8. The van der Waals surface area contributed by atoms with E-state index >= 15 is 0 Å². The summed E-state index contributed by atoms with van der Waals surface area (Å²) in [6, 6.07) is 10.3. The minimum absolute atomic E-state index is 0.0824. The van der Waals surface area contributed by atoms with Crippen LogP contribution in [0.3, 0.4) is 0 Å². The minimum Gasteiger partial charge on any atom is -0.462 e. The molecule has 1 heterocycles. The van der Waals surface area contributed by atoms with Gasteiger partial charge in [-0.3, -0.25) is 10.1 Å². The molecule has 0 bridgehead atoms. The molecule has 0 aliphatic carbocycles. The van der Waals surface area contributed by atoms with Gasteiger partial charge in [-0.1, -0.05) is 24.3 Å². The van der Waals surface area contributed by atoms with Gasteiger partial charge in [-0.2, -0.15) is 0 Å². The van der Waals surface area contributed by atoms with Gasteiger partial charge in [0.1, 0.15) is 5.82 Å². The average molecular weight is 354 g/mol. The van der Waals surface area contributed by atoms with Crippen LogP contribution < -0.4 is 5.32 Å². The Bertz CT molecular complexity index is 950. The Morgan fingerprint density at radius 1 is 1.23 bits per heavy atom. The van der Waals surface area contributed by atoms with Crippen molar-refractivity contribution in [3.8, 4) is 0 Å². The van der Waals surface area contributed by atoms with Gasteiger partial charge in [-0.15, -0.1) is 0 Å². The molecule has 0 unspecified atom stereocenters. The number of nitro benzene ring substituents is 1. The molecule has 1 aliphatic heterocycles. The molecular formula is C19H15FN2O4. The van der Waals surface area contributed by atoms with Crippen LogP contribution in [0.2, 0.25) is 0 Å². The summed E-state index contributed by atoms with van der Waals surface area (Å²) in [5, 5.41) is 14.4. The first kappa shape index (κ1) is 17.3. The highest BCUT2D eigenvalue weighted by atomic mass is 19.1. The second-order valence-corrected chi connectivity index (χ2v) is 5.47. The SMILES string of the molecule is CCOC(=O)/C(=C1/C=Cc2ccccc2N1)c1cc(F)ccc1[N+](=O)[O-]. The van der Waals surface area contributed by atoms with Crippen molar-refractivity contribution in [2.24, 2.45) is 0 Å². The molecule has 0 spiro atoms. The third-order valence-corrected chi connectivity index (χ3v) is 3.83. The van der Waals surface area contributed by atoms with Crippen molar-refractivity contribution in [3.05, 3.63) is 81.3 Å². The molecule has 132 valence electrons. The molecule has 0 atom stereocenters. The van der Waals surface area contributed by atoms with Crippen LogP contribution in [0.5, 0.6) is 0 Å². The molecule has 1 aliphatic rings. The number of para-hydroxylation sites is 1. The van der Waals surface area contributed by atoms with Crippen molar-refractivity contribution in [3.63, 3.8) is 0 Å². The van der Waals surface area contributed by atoms with Gasteiger partial charge >= 0.3 is 5.97 Å². The Kier molecular flexibility index (Phi) is 4.79. The topological polar surface area (TPSA) is 81.5 Å². The zero-order valence-corrected chi connectivity index (χ0v) is 13.9. The summed E-state index contributed by atoms with van der Waals surface area (Å²) in [5.74, 6) is -1.46. The van der Waals surface area contributed by atoms with E-state index in [4.69, 9.17) is 4.74 Å². The molecule has 0 amide bonds. The zero-order chi connectivity index (χ0) is 18.7. The summed E-state index contributed by atoms with van der Waals surface area (Å²) in [4.78, 5) is 23.3. The van der Waals surface area contributed by atoms with E-state index in [1.165, 1.54) is 0 Å². The Balaban J connectivity index is 2.22. The first-order valence-corrected chi connectivity index (χ1v) is 7.91. The standard InChI is InChI=1S/C19H15FN2O4/c1-2-26-19(23)18(14-11-13(20)8-10-17(14)22(24)25)16-9-7-12-5-3-4-6-15(12)21-16/h3-11,21H,2H2,1H3/b18-16-. The fourth-order valence-corrected chi connectivity index (χ4v) is 2.70. The number of esters is 1. The molecule has 1 N–H and O–H groups in total. The highest BCUT2D eigenvalue weighted by Gasteiger charge is 2.27. The summed E-state index contributed by atoms with van der Waals surface area (Å²) in [6.07, 6.45) is 3.38. The lowest BCUT2D eigenvalue weighted by atomic mass is 9.98. The quantitative estimate of drug-likeness (QED) is 0.386. The molecule has 26 heavy (non-hydrogen) atoms. The number of benzene rings is 2. The number of allylic oxidation sites excluding steroid dienone is 1. The number of hydrogen-bond acceptors (Lipinski definition) is 5. The second kappa shape index (κ2) is 7.18. The first-order chi connectivity index (χ1) is 12.5. The maximum Gasteiger partial charge on any atom is 0.341 e. The molecule has 7 heteroatoms.